The van der Waals surface area contributed by atoms with Crippen LogP contribution in [0.5, 0.6) is 0 Å². The van der Waals surface area contributed by atoms with Gasteiger partial charge in [-0.05, 0) is 18.1 Å². The number of nitrogens with zero attached hydrogens (tertiary/aromatic N) is 1. The van der Waals surface area contributed by atoms with Gasteiger partial charge in [0, 0.05) is 18.4 Å². The lowest BCUT2D eigenvalue weighted by molar-refractivity contribution is 1.27. The Morgan fingerprint density at radius 1 is 1.45 bits per heavy atom. The van der Waals surface area contributed by atoms with Gasteiger partial charge in [-0.2, -0.15) is 12.6 Å². The predicted octanol–water partition coefficient (Wildman–Crippen LogP) is 1.75. The number of rotatable bonds is 1. The molecule has 0 saturated carbocycles. The van der Waals surface area contributed by atoms with Gasteiger partial charge in [-0.15, -0.1) is 0 Å². The van der Waals surface area contributed by atoms with Crippen molar-refractivity contribution in [2.75, 3.05) is 5.75 Å². The third-order valence-electron chi connectivity index (χ3n) is 1.12. The zero-order chi connectivity index (χ0) is 7.94. The monoisotopic (exact) mass is 163 g/mol. The molecule has 0 fully saturated rings. The van der Waals surface area contributed by atoms with Crippen LogP contribution in [0.3, 0.4) is 0 Å². The lowest BCUT2D eigenvalue weighted by atomic mass is 10.3. The standard InChI is InChI=1S/C9H9NS/c11-8-4-2-6-9-5-1-3-7-10-9/h1,3,5,7,11H,4,8H2. The normalized spacial score (nSPS) is 8.45. The highest BCUT2D eigenvalue weighted by molar-refractivity contribution is 7.80. The van der Waals surface area contributed by atoms with Crippen molar-refractivity contribution >= 4 is 12.6 Å². The number of hydrogen-bond donors (Lipinski definition) is 1. The Hall–Kier alpha value is -0.940. The van der Waals surface area contributed by atoms with E-state index in [1.165, 1.54) is 0 Å². The molecule has 0 aliphatic heterocycles. The molecule has 0 radical (unpaired) electrons. The highest BCUT2D eigenvalue weighted by Crippen LogP contribution is 1.89. The van der Waals surface area contributed by atoms with Gasteiger partial charge >= 0.3 is 0 Å². The molecule has 1 aromatic heterocycles. The molecule has 0 aliphatic rings. The van der Waals surface area contributed by atoms with E-state index in [1.807, 2.05) is 18.2 Å². The fraction of sp³-hybridized carbons (Fsp3) is 0.222. The number of hydrogen-bond acceptors (Lipinski definition) is 2. The highest BCUT2D eigenvalue weighted by Gasteiger charge is 1.81. The van der Waals surface area contributed by atoms with Crippen LogP contribution in [-0.2, 0) is 0 Å². The Morgan fingerprint density at radius 3 is 3.00 bits per heavy atom. The lowest BCUT2D eigenvalue weighted by Gasteiger charge is -1.84. The molecule has 0 aromatic carbocycles. The van der Waals surface area contributed by atoms with Gasteiger partial charge in [-0.3, -0.25) is 0 Å². The van der Waals surface area contributed by atoms with Crippen molar-refractivity contribution in [2.45, 2.75) is 6.42 Å². The summed E-state index contributed by atoms with van der Waals surface area (Å²) >= 11 is 4.04. The quantitative estimate of drug-likeness (QED) is 0.491. The molecule has 0 atom stereocenters. The fourth-order valence-corrected chi connectivity index (χ4v) is 0.757. The van der Waals surface area contributed by atoms with Crippen molar-refractivity contribution in [3.8, 4) is 11.8 Å². The summed E-state index contributed by atoms with van der Waals surface area (Å²) in [6.07, 6.45) is 2.56. The summed E-state index contributed by atoms with van der Waals surface area (Å²) in [6.45, 7) is 0. The van der Waals surface area contributed by atoms with Gasteiger partial charge in [0.25, 0.3) is 0 Å². The lowest BCUT2D eigenvalue weighted by Crippen LogP contribution is -1.78. The van der Waals surface area contributed by atoms with Gasteiger partial charge in [-0.25, -0.2) is 4.98 Å². The maximum absolute atomic E-state index is 4.05. The average Bonchev–Trinajstić information content (AvgIpc) is 2.07. The van der Waals surface area contributed by atoms with Crippen LogP contribution in [0.4, 0.5) is 0 Å². The minimum atomic E-state index is 0.805. The van der Waals surface area contributed by atoms with E-state index in [9.17, 15) is 0 Å². The highest BCUT2D eigenvalue weighted by atomic mass is 32.1. The number of thiol groups is 1. The van der Waals surface area contributed by atoms with Gasteiger partial charge in [0.2, 0.25) is 0 Å². The van der Waals surface area contributed by atoms with E-state index >= 15 is 0 Å². The van der Waals surface area contributed by atoms with Crippen LogP contribution in [0.15, 0.2) is 24.4 Å². The molecule has 11 heavy (non-hydrogen) atoms. The van der Waals surface area contributed by atoms with Crippen molar-refractivity contribution in [3.05, 3.63) is 30.1 Å². The smallest absolute Gasteiger partial charge is 0.113 e. The first-order valence-electron chi connectivity index (χ1n) is 3.44. The summed E-state index contributed by atoms with van der Waals surface area (Å²) < 4.78 is 0. The Balaban J connectivity index is 2.59. The summed E-state index contributed by atoms with van der Waals surface area (Å²) in [4.78, 5) is 4.05. The molecule has 56 valence electrons. The summed E-state index contributed by atoms with van der Waals surface area (Å²) in [7, 11) is 0. The fourth-order valence-electron chi connectivity index (χ4n) is 0.646. The van der Waals surface area contributed by atoms with Crippen molar-refractivity contribution in [1.82, 2.24) is 4.98 Å². The van der Waals surface area contributed by atoms with Crippen molar-refractivity contribution in [3.63, 3.8) is 0 Å². The van der Waals surface area contributed by atoms with Crippen LogP contribution in [0.1, 0.15) is 12.1 Å². The van der Waals surface area contributed by atoms with Crippen molar-refractivity contribution < 1.29 is 0 Å². The van der Waals surface area contributed by atoms with E-state index in [-0.39, 0.29) is 0 Å². The van der Waals surface area contributed by atoms with Crippen molar-refractivity contribution in [1.29, 1.82) is 0 Å². The second kappa shape index (κ2) is 4.81. The van der Waals surface area contributed by atoms with Gasteiger partial charge in [0.15, 0.2) is 0 Å². The minimum absolute atomic E-state index is 0.805. The molecule has 2 heteroatoms. The van der Waals surface area contributed by atoms with Gasteiger partial charge < -0.3 is 0 Å². The van der Waals surface area contributed by atoms with Gasteiger partial charge in [0.05, 0.1) is 0 Å². The van der Waals surface area contributed by atoms with E-state index in [0.29, 0.717) is 0 Å². The van der Waals surface area contributed by atoms with Crippen LogP contribution < -0.4 is 0 Å². The first-order chi connectivity index (χ1) is 5.43. The summed E-state index contributed by atoms with van der Waals surface area (Å²) in [5.41, 5.74) is 0.828. The predicted molar refractivity (Wildman–Crippen MR) is 49.6 cm³/mol. The van der Waals surface area contributed by atoms with E-state index in [1.54, 1.807) is 6.20 Å². The SMILES string of the molecule is SCCC#Cc1ccccn1. The van der Waals surface area contributed by atoms with E-state index in [4.69, 9.17) is 0 Å². The molecule has 0 saturated heterocycles. The zero-order valence-corrected chi connectivity index (χ0v) is 7.01. The van der Waals surface area contributed by atoms with Crippen LogP contribution in [0, 0.1) is 11.8 Å². The Labute approximate surface area is 72.3 Å². The molecule has 0 bridgehead atoms. The van der Waals surface area contributed by atoms with Crippen LogP contribution in [0.25, 0.3) is 0 Å². The van der Waals surface area contributed by atoms with Gasteiger partial charge in [0.1, 0.15) is 5.69 Å². The first kappa shape index (κ1) is 8.16. The largest absolute Gasteiger partial charge is 0.248 e. The van der Waals surface area contributed by atoms with Crippen molar-refractivity contribution in [2.24, 2.45) is 0 Å². The molecule has 0 spiro atoms. The third kappa shape index (κ3) is 3.10. The van der Waals surface area contributed by atoms with Crippen LogP contribution in [0.2, 0.25) is 0 Å². The third-order valence-corrected chi connectivity index (χ3v) is 1.34. The Kier molecular flexibility index (Phi) is 3.57. The second-order valence-electron chi connectivity index (χ2n) is 1.99. The molecule has 1 nitrogen and oxygen atoms in total. The average molecular weight is 163 g/mol. The second-order valence-corrected chi connectivity index (χ2v) is 2.44. The maximum atomic E-state index is 4.05. The molecule has 0 amide bonds. The molecule has 1 aromatic rings. The molecular weight excluding hydrogens is 154 g/mol. The van der Waals surface area contributed by atoms with E-state index in [2.05, 4.69) is 29.5 Å². The topological polar surface area (TPSA) is 12.9 Å². The Bertz CT molecular complexity index is 258. The van der Waals surface area contributed by atoms with Gasteiger partial charge in [-0.1, -0.05) is 12.0 Å². The number of pyridine rings is 1. The molecule has 1 rings (SSSR count). The van der Waals surface area contributed by atoms with E-state index < -0.39 is 0 Å². The molecular formula is C9H9NS. The van der Waals surface area contributed by atoms with E-state index in [0.717, 1.165) is 17.9 Å². The summed E-state index contributed by atoms with van der Waals surface area (Å²) in [6, 6.07) is 5.70. The molecule has 0 N–H and O–H groups in total. The minimum Gasteiger partial charge on any atom is -0.248 e. The molecule has 1 heterocycles. The van der Waals surface area contributed by atoms with Crippen LogP contribution >= 0.6 is 12.6 Å². The molecule has 0 unspecified atom stereocenters. The summed E-state index contributed by atoms with van der Waals surface area (Å²) in [5, 5.41) is 0. The summed E-state index contributed by atoms with van der Waals surface area (Å²) in [5.74, 6) is 6.70. The maximum Gasteiger partial charge on any atom is 0.113 e. The van der Waals surface area contributed by atoms with Crippen LogP contribution in [-0.4, -0.2) is 10.7 Å². The Morgan fingerprint density at radius 2 is 2.36 bits per heavy atom. The number of aromatic nitrogens is 1. The zero-order valence-electron chi connectivity index (χ0n) is 6.12. The first-order valence-corrected chi connectivity index (χ1v) is 4.07. The molecule has 0 aliphatic carbocycles.